The summed E-state index contributed by atoms with van der Waals surface area (Å²) in [5, 5.41) is 19.6. The van der Waals surface area contributed by atoms with Gasteiger partial charge in [0, 0.05) is 6.20 Å². The second-order valence-corrected chi connectivity index (χ2v) is 5.55. The standard InChI is InChI=1S/C9H14N3O8P/c10-5-1-2-12(9(15)11-5)8-7(14)6(13)4(20-8)3-19-21(16,17)18/h1-2,4,6-8,13-14H,3H2,(H2,10,11,15)(H2,16,17,18)/p-1/t4-,6-,7+,8?/m0/s1. The van der Waals surface area contributed by atoms with Crippen LogP contribution in [-0.2, 0) is 13.8 Å². The van der Waals surface area contributed by atoms with E-state index in [-0.39, 0.29) is 5.82 Å². The third-order valence-electron chi connectivity index (χ3n) is 2.86. The van der Waals surface area contributed by atoms with Crippen molar-refractivity contribution in [3.8, 4) is 0 Å². The molecule has 1 saturated heterocycles. The molecule has 1 aliphatic heterocycles. The molecule has 12 heteroatoms. The fraction of sp³-hybridized carbons (Fsp3) is 0.556. The van der Waals surface area contributed by atoms with Gasteiger partial charge >= 0.3 is 5.69 Å². The van der Waals surface area contributed by atoms with Gasteiger partial charge in [-0.15, -0.1) is 0 Å². The molecule has 1 aromatic heterocycles. The largest absolute Gasteiger partial charge is 0.756 e. The molecule has 21 heavy (non-hydrogen) atoms. The molecular weight excluding hydrogens is 309 g/mol. The molecule has 0 radical (unpaired) electrons. The Morgan fingerprint density at radius 2 is 2.19 bits per heavy atom. The molecule has 2 rings (SSSR count). The second kappa shape index (κ2) is 5.81. The van der Waals surface area contributed by atoms with E-state index in [9.17, 15) is 24.5 Å². The third-order valence-corrected chi connectivity index (χ3v) is 3.34. The van der Waals surface area contributed by atoms with Gasteiger partial charge in [0.2, 0.25) is 0 Å². The minimum Gasteiger partial charge on any atom is -0.756 e. The molecule has 5 N–H and O–H groups in total. The van der Waals surface area contributed by atoms with Gasteiger partial charge in [0.05, 0.1) is 6.61 Å². The Bertz CT molecular complexity index is 615. The van der Waals surface area contributed by atoms with Crippen molar-refractivity contribution in [3.05, 3.63) is 22.7 Å². The molecule has 0 saturated carbocycles. The number of aromatic nitrogens is 2. The third kappa shape index (κ3) is 3.66. The second-order valence-electron chi connectivity index (χ2n) is 4.35. The van der Waals surface area contributed by atoms with E-state index in [1.807, 2.05) is 0 Å². The van der Waals surface area contributed by atoms with Gasteiger partial charge in [-0.2, -0.15) is 4.98 Å². The van der Waals surface area contributed by atoms with Gasteiger partial charge in [0.1, 0.15) is 24.1 Å². The Labute approximate surface area is 117 Å². The Hall–Kier alpha value is -1.33. The van der Waals surface area contributed by atoms with Crippen LogP contribution < -0.4 is 16.3 Å². The number of hydrogen-bond donors (Lipinski definition) is 4. The highest BCUT2D eigenvalue weighted by molar-refractivity contribution is 7.44. The number of phosphoric ester groups is 1. The number of phosphoric acid groups is 1. The van der Waals surface area contributed by atoms with E-state index in [1.54, 1.807) is 0 Å². The summed E-state index contributed by atoms with van der Waals surface area (Å²) >= 11 is 0. The van der Waals surface area contributed by atoms with Crippen LogP contribution in [0.4, 0.5) is 5.82 Å². The first kappa shape index (κ1) is 16.0. The molecule has 2 heterocycles. The van der Waals surface area contributed by atoms with Crippen molar-refractivity contribution in [2.75, 3.05) is 12.3 Å². The zero-order valence-corrected chi connectivity index (χ0v) is 11.4. The van der Waals surface area contributed by atoms with E-state index in [1.165, 1.54) is 12.3 Å². The lowest BCUT2D eigenvalue weighted by atomic mass is 10.1. The summed E-state index contributed by atoms with van der Waals surface area (Å²) in [6, 6.07) is 1.28. The topological polar surface area (TPSA) is 180 Å². The number of hydrogen-bond acceptors (Lipinski definition) is 9. The summed E-state index contributed by atoms with van der Waals surface area (Å²) in [6.45, 7) is -0.719. The number of anilines is 1. The zero-order chi connectivity index (χ0) is 15.8. The van der Waals surface area contributed by atoms with Gasteiger partial charge in [-0.25, -0.2) is 4.79 Å². The van der Waals surface area contributed by atoms with Crippen molar-refractivity contribution < 1.29 is 33.8 Å². The number of aliphatic hydroxyl groups excluding tert-OH is 2. The summed E-state index contributed by atoms with van der Waals surface area (Å²) in [5.41, 5.74) is 4.50. The van der Waals surface area contributed by atoms with E-state index in [4.69, 9.17) is 15.4 Å². The molecule has 2 unspecified atom stereocenters. The van der Waals surface area contributed by atoms with Crippen molar-refractivity contribution in [2.24, 2.45) is 0 Å². The summed E-state index contributed by atoms with van der Waals surface area (Å²) in [5.74, 6) is -0.0308. The average molecular weight is 322 g/mol. The maximum absolute atomic E-state index is 11.6. The Kier molecular flexibility index (Phi) is 4.44. The van der Waals surface area contributed by atoms with Gasteiger partial charge in [-0.3, -0.25) is 9.13 Å². The fourth-order valence-electron chi connectivity index (χ4n) is 1.88. The van der Waals surface area contributed by atoms with E-state index < -0.39 is 44.7 Å². The van der Waals surface area contributed by atoms with Gasteiger partial charge in [0.15, 0.2) is 6.23 Å². The van der Waals surface area contributed by atoms with Crippen molar-refractivity contribution in [3.63, 3.8) is 0 Å². The van der Waals surface area contributed by atoms with Crippen LogP contribution in [0.25, 0.3) is 0 Å². The molecule has 1 fully saturated rings. The van der Waals surface area contributed by atoms with Crippen molar-refractivity contribution in [2.45, 2.75) is 24.5 Å². The number of nitrogens with two attached hydrogens (primary N) is 1. The molecule has 0 spiro atoms. The van der Waals surface area contributed by atoms with Crippen LogP contribution in [0.5, 0.6) is 0 Å². The van der Waals surface area contributed by atoms with E-state index in [0.717, 1.165) is 4.57 Å². The fourth-order valence-corrected chi connectivity index (χ4v) is 2.22. The highest BCUT2D eigenvalue weighted by Crippen LogP contribution is 2.34. The molecule has 0 amide bonds. The molecule has 1 aromatic rings. The first-order valence-electron chi connectivity index (χ1n) is 5.73. The highest BCUT2D eigenvalue weighted by atomic mass is 31.2. The number of nitrogens with zero attached hydrogens (tertiary/aromatic N) is 2. The van der Waals surface area contributed by atoms with Crippen molar-refractivity contribution in [1.29, 1.82) is 0 Å². The predicted molar refractivity (Wildman–Crippen MR) is 64.6 cm³/mol. The lowest BCUT2D eigenvalue weighted by Gasteiger charge is -2.20. The first-order chi connectivity index (χ1) is 9.69. The van der Waals surface area contributed by atoms with Crippen LogP contribution in [0.1, 0.15) is 6.23 Å². The summed E-state index contributed by atoms with van der Waals surface area (Å²) < 4.78 is 20.7. The number of nitrogen functional groups attached to an aromatic ring is 1. The molecular formula is C9H13N3O8P-. The highest BCUT2D eigenvalue weighted by Gasteiger charge is 2.44. The van der Waals surface area contributed by atoms with Crippen LogP contribution in [0.15, 0.2) is 17.1 Å². The van der Waals surface area contributed by atoms with E-state index >= 15 is 0 Å². The number of rotatable bonds is 4. The van der Waals surface area contributed by atoms with Crippen molar-refractivity contribution >= 4 is 13.6 Å². The normalized spacial score (nSPS) is 32.0. The molecule has 0 aromatic carbocycles. The van der Waals surface area contributed by atoms with Crippen LogP contribution >= 0.6 is 7.82 Å². The van der Waals surface area contributed by atoms with Crippen LogP contribution in [-0.4, -0.2) is 49.6 Å². The van der Waals surface area contributed by atoms with Gasteiger partial charge in [0.25, 0.3) is 7.82 Å². The Morgan fingerprint density at radius 3 is 2.76 bits per heavy atom. The SMILES string of the molecule is Nc1ccn(C2O[C@@H](COP(=O)([O-])O)[C@H](O)[C@H]2O)c(=O)n1. The summed E-state index contributed by atoms with van der Waals surface area (Å²) in [4.78, 5) is 34.1. The summed E-state index contributed by atoms with van der Waals surface area (Å²) in [6.07, 6.45) is -4.39. The smallest absolute Gasteiger partial charge is 0.351 e. The van der Waals surface area contributed by atoms with E-state index in [0.29, 0.717) is 0 Å². The number of ether oxygens (including phenoxy) is 1. The van der Waals surface area contributed by atoms with Crippen molar-refractivity contribution in [1.82, 2.24) is 9.55 Å². The van der Waals surface area contributed by atoms with Crippen LogP contribution in [0.3, 0.4) is 0 Å². The molecule has 1 aliphatic rings. The van der Waals surface area contributed by atoms with E-state index in [2.05, 4.69) is 9.51 Å². The molecule has 11 nitrogen and oxygen atoms in total. The number of aliphatic hydroxyl groups is 2. The lowest BCUT2D eigenvalue weighted by Crippen LogP contribution is -2.36. The van der Waals surface area contributed by atoms with Crippen LogP contribution in [0.2, 0.25) is 0 Å². The Morgan fingerprint density at radius 1 is 1.52 bits per heavy atom. The quantitative estimate of drug-likeness (QED) is 0.415. The zero-order valence-electron chi connectivity index (χ0n) is 10.5. The Balaban J connectivity index is 2.16. The summed E-state index contributed by atoms with van der Waals surface area (Å²) in [7, 11) is -4.99. The van der Waals surface area contributed by atoms with Crippen LogP contribution in [0, 0.1) is 0 Å². The monoisotopic (exact) mass is 322 g/mol. The maximum atomic E-state index is 11.6. The predicted octanol–water partition coefficient (Wildman–Crippen LogP) is -3.08. The van der Waals surface area contributed by atoms with Gasteiger partial charge in [-0.05, 0) is 6.07 Å². The molecule has 5 atom stereocenters. The maximum Gasteiger partial charge on any atom is 0.351 e. The lowest BCUT2D eigenvalue weighted by molar-refractivity contribution is -0.222. The van der Waals surface area contributed by atoms with Gasteiger partial charge in [-0.1, -0.05) is 0 Å². The first-order valence-corrected chi connectivity index (χ1v) is 7.23. The minimum atomic E-state index is -4.99. The molecule has 118 valence electrons. The minimum absolute atomic E-state index is 0.0308. The van der Waals surface area contributed by atoms with Gasteiger partial charge < -0.3 is 35.0 Å². The average Bonchev–Trinajstić information content (AvgIpc) is 2.64. The molecule has 0 aliphatic carbocycles. The molecule has 0 bridgehead atoms.